The topological polar surface area (TPSA) is 0 Å². The molecule has 1 heteroatoms. The molecule has 1 aromatic carbocycles. The molecule has 1 aromatic rings. The molecule has 1 aliphatic rings. The molecule has 48 valence electrons. The fourth-order valence-corrected chi connectivity index (χ4v) is 2.91. The van der Waals surface area contributed by atoms with Crippen LogP contribution in [0.15, 0.2) is 30.3 Å². The van der Waals surface area contributed by atoms with Gasteiger partial charge in [0, 0.05) is 0 Å². The van der Waals surface area contributed by atoms with E-state index in [9.17, 15) is 0 Å². The highest BCUT2D eigenvalue weighted by molar-refractivity contribution is 7.11. The first-order chi connectivity index (χ1) is 4.81. The SMILES string of the molecule is C[Si]1(c2ccccc2)C#C1. The highest BCUT2D eigenvalue weighted by atomic mass is 28.3. The Balaban J connectivity index is 2.36. The van der Waals surface area contributed by atoms with E-state index in [4.69, 9.17) is 0 Å². The average molecular weight is 144 g/mol. The first-order valence-corrected chi connectivity index (χ1v) is 5.91. The van der Waals surface area contributed by atoms with E-state index in [1.54, 1.807) is 0 Å². The van der Waals surface area contributed by atoms with Crippen LogP contribution in [-0.2, 0) is 0 Å². The maximum atomic E-state index is 3.22. The Morgan fingerprint density at radius 1 is 1.10 bits per heavy atom. The number of hydrogen-bond acceptors (Lipinski definition) is 0. The zero-order valence-electron chi connectivity index (χ0n) is 5.89. The summed E-state index contributed by atoms with van der Waals surface area (Å²) in [5.74, 6) is 0. The van der Waals surface area contributed by atoms with Crippen molar-refractivity contribution in [3.05, 3.63) is 30.3 Å². The van der Waals surface area contributed by atoms with Crippen LogP contribution in [0.4, 0.5) is 0 Å². The Kier molecular flexibility index (Phi) is 1.00. The summed E-state index contributed by atoms with van der Waals surface area (Å²) in [5.41, 5.74) is 6.43. The molecule has 1 heterocycles. The summed E-state index contributed by atoms with van der Waals surface area (Å²) in [4.78, 5) is 0. The Morgan fingerprint density at radius 2 is 1.70 bits per heavy atom. The molecular formula is C9H8Si. The van der Waals surface area contributed by atoms with Gasteiger partial charge < -0.3 is 0 Å². The van der Waals surface area contributed by atoms with Crippen molar-refractivity contribution < 1.29 is 0 Å². The first-order valence-electron chi connectivity index (χ1n) is 3.41. The molecule has 0 bridgehead atoms. The zero-order chi connectivity index (χ0) is 7.03. The molecule has 0 atom stereocenters. The Bertz CT molecular complexity index is 294. The van der Waals surface area contributed by atoms with Crippen LogP contribution < -0.4 is 5.19 Å². The van der Waals surface area contributed by atoms with Crippen molar-refractivity contribution in [3.63, 3.8) is 0 Å². The van der Waals surface area contributed by atoms with Crippen LogP contribution in [0.3, 0.4) is 0 Å². The molecule has 10 heavy (non-hydrogen) atoms. The van der Waals surface area contributed by atoms with E-state index in [0.29, 0.717) is 0 Å². The van der Waals surface area contributed by atoms with Gasteiger partial charge in [-0.15, -0.1) is 11.1 Å². The van der Waals surface area contributed by atoms with Crippen molar-refractivity contribution in [2.75, 3.05) is 0 Å². The quantitative estimate of drug-likeness (QED) is 0.408. The summed E-state index contributed by atoms with van der Waals surface area (Å²) in [7, 11) is -1.28. The molecule has 0 nitrogen and oxygen atoms in total. The maximum absolute atomic E-state index is 3.22. The van der Waals surface area contributed by atoms with E-state index in [2.05, 4.69) is 41.9 Å². The summed E-state index contributed by atoms with van der Waals surface area (Å²) in [6.07, 6.45) is 0. The van der Waals surface area contributed by atoms with Crippen LogP contribution in [0.5, 0.6) is 0 Å². The molecular weight excluding hydrogens is 136 g/mol. The predicted octanol–water partition coefficient (Wildman–Crippen LogP) is 1.07. The van der Waals surface area contributed by atoms with Gasteiger partial charge in [0.1, 0.15) is 0 Å². The van der Waals surface area contributed by atoms with Crippen molar-refractivity contribution in [1.82, 2.24) is 0 Å². The number of hydrogen-bond donors (Lipinski definition) is 0. The van der Waals surface area contributed by atoms with E-state index < -0.39 is 8.07 Å². The zero-order valence-corrected chi connectivity index (χ0v) is 6.89. The van der Waals surface area contributed by atoms with Crippen LogP contribution >= 0.6 is 0 Å². The largest absolute Gasteiger partial charge is 0.241 e. The molecule has 0 saturated heterocycles. The maximum Gasteiger partial charge on any atom is 0.241 e. The first kappa shape index (κ1) is 5.76. The number of rotatable bonds is 1. The van der Waals surface area contributed by atoms with Gasteiger partial charge >= 0.3 is 0 Å². The summed E-state index contributed by atoms with van der Waals surface area (Å²) < 4.78 is 0. The molecule has 0 spiro atoms. The lowest BCUT2D eigenvalue weighted by Crippen LogP contribution is -2.32. The van der Waals surface area contributed by atoms with E-state index >= 15 is 0 Å². The molecule has 0 aromatic heterocycles. The lowest BCUT2D eigenvalue weighted by atomic mass is 10.4. The van der Waals surface area contributed by atoms with Gasteiger partial charge in [0.15, 0.2) is 0 Å². The summed E-state index contributed by atoms with van der Waals surface area (Å²) in [5, 5.41) is 1.43. The Labute approximate surface area is 61.9 Å². The van der Waals surface area contributed by atoms with Gasteiger partial charge in [0.05, 0.1) is 0 Å². The van der Waals surface area contributed by atoms with E-state index in [1.807, 2.05) is 6.07 Å². The third-order valence-electron chi connectivity index (χ3n) is 1.85. The monoisotopic (exact) mass is 144 g/mol. The molecule has 2 rings (SSSR count). The van der Waals surface area contributed by atoms with Gasteiger partial charge in [0.25, 0.3) is 0 Å². The van der Waals surface area contributed by atoms with Crippen molar-refractivity contribution in [1.29, 1.82) is 0 Å². The minimum absolute atomic E-state index is 1.28. The van der Waals surface area contributed by atoms with Crippen LogP contribution in [0.1, 0.15) is 0 Å². The van der Waals surface area contributed by atoms with Crippen LogP contribution in [0.2, 0.25) is 6.55 Å². The fourth-order valence-electron chi connectivity index (χ4n) is 1.01. The molecule has 0 N–H and O–H groups in total. The third-order valence-corrected chi connectivity index (χ3v) is 4.34. The summed E-state index contributed by atoms with van der Waals surface area (Å²) in [6.45, 7) is 2.25. The third kappa shape index (κ3) is 0.777. The van der Waals surface area contributed by atoms with Crippen LogP contribution in [-0.4, -0.2) is 8.07 Å². The molecule has 1 aliphatic heterocycles. The Morgan fingerprint density at radius 3 is 2.20 bits per heavy atom. The van der Waals surface area contributed by atoms with Gasteiger partial charge in [-0.05, 0) is 11.7 Å². The van der Waals surface area contributed by atoms with E-state index in [1.165, 1.54) is 5.19 Å². The molecule has 0 fully saturated rings. The predicted molar refractivity (Wildman–Crippen MR) is 45.5 cm³/mol. The molecule has 0 aliphatic carbocycles. The minimum Gasteiger partial charge on any atom is -0.115 e. The molecule has 0 saturated carbocycles. The number of benzene rings is 1. The smallest absolute Gasteiger partial charge is 0.115 e. The second-order valence-electron chi connectivity index (χ2n) is 2.74. The standard InChI is InChI=1S/C9H8Si/c1-10(7-8-10)9-5-3-2-4-6-9/h2-6H,1H3. The second-order valence-corrected chi connectivity index (χ2v) is 6.07. The molecule has 0 amide bonds. The lowest BCUT2D eigenvalue weighted by Gasteiger charge is -2.02. The van der Waals surface area contributed by atoms with Gasteiger partial charge in [-0.1, -0.05) is 30.3 Å². The highest BCUT2D eigenvalue weighted by Crippen LogP contribution is 2.09. The summed E-state index contributed by atoms with van der Waals surface area (Å²) in [6, 6.07) is 10.5. The van der Waals surface area contributed by atoms with E-state index in [0.717, 1.165) is 0 Å². The van der Waals surface area contributed by atoms with Gasteiger partial charge in [-0.2, -0.15) is 0 Å². The molecule has 0 radical (unpaired) electrons. The Hall–Kier alpha value is -1.00. The average Bonchev–Trinajstić information content (AvgIpc) is 2.72. The minimum atomic E-state index is -1.28. The second kappa shape index (κ2) is 1.74. The van der Waals surface area contributed by atoms with Crippen LogP contribution in [0, 0.1) is 11.1 Å². The van der Waals surface area contributed by atoms with Crippen molar-refractivity contribution >= 4 is 13.3 Å². The van der Waals surface area contributed by atoms with Crippen molar-refractivity contribution in [2.45, 2.75) is 6.55 Å². The lowest BCUT2D eigenvalue weighted by molar-refractivity contribution is 1.75. The summed E-state index contributed by atoms with van der Waals surface area (Å²) >= 11 is 0. The van der Waals surface area contributed by atoms with Gasteiger partial charge in [-0.3, -0.25) is 0 Å². The van der Waals surface area contributed by atoms with Crippen molar-refractivity contribution in [3.8, 4) is 11.1 Å². The van der Waals surface area contributed by atoms with Crippen LogP contribution in [0.25, 0.3) is 0 Å². The fraction of sp³-hybridized carbons (Fsp3) is 0.111. The van der Waals surface area contributed by atoms with E-state index in [-0.39, 0.29) is 0 Å². The normalized spacial score (nSPS) is 17.3. The van der Waals surface area contributed by atoms with Gasteiger partial charge in [-0.25, -0.2) is 0 Å². The van der Waals surface area contributed by atoms with Gasteiger partial charge in [0.2, 0.25) is 8.07 Å². The molecule has 0 unspecified atom stereocenters. The van der Waals surface area contributed by atoms with Crippen molar-refractivity contribution in [2.24, 2.45) is 0 Å². The highest BCUT2D eigenvalue weighted by Gasteiger charge is 2.33.